The van der Waals surface area contributed by atoms with Gasteiger partial charge in [0.05, 0.1) is 11.1 Å². The fourth-order valence-corrected chi connectivity index (χ4v) is 3.24. The molecule has 0 saturated heterocycles. The van der Waals surface area contributed by atoms with Crippen molar-refractivity contribution in [3.05, 3.63) is 26.6 Å². The summed E-state index contributed by atoms with van der Waals surface area (Å²) in [7, 11) is 0. The van der Waals surface area contributed by atoms with E-state index in [2.05, 4.69) is 56.1 Å². The lowest BCUT2D eigenvalue weighted by atomic mass is 10.1. The van der Waals surface area contributed by atoms with E-state index < -0.39 is 0 Å². The molecule has 0 bridgehead atoms. The molecule has 2 nitrogen and oxygen atoms in total. The van der Waals surface area contributed by atoms with Gasteiger partial charge in [0.25, 0.3) is 0 Å². The van der Waals surface area contributed by atoms with Crippen LogP contribution in [0.4, 0.5) is 0 Å². The van der Waals surface area contributed by atoms with Gasteiger partial charge in [-0.3, -0.25) is 0 Å². The summed E-state index contributed by atoms with van der Waals surface area (Å²) in [5, 5.41) is 3.48. The molecule has 0 amide bonds. The third-order valence-corrected chi connectivity index (χ3v) is 3.86. The number of rotatable bonds is 7. The van der Waals surface area contributed by atoms with E-state index in [0.717, 1.165) is 39.6 Å². The highest BCUT2D eigenvalue weighted by Gasteiger charge is 2.11. The van der Waals surface area contributed by atoms with Gasteiger partial charge >= 0.3 is 0 Å². The molecule has 19 heavy (non-hydrogen) atoms. The SMILES string of the molecule is C#CCC(CC)NCc1cc(Br)cc(Br)c1OCC. The average Bonchev–Trinajstić information content (AvgIpc) is 2.38. The molecule has 0 heterocycles. The summed E-state index contributed by atoms with van der Waals surface area (Å²) >= 11 is 7.05. The summed E-state index contributed by atoms with van der Waals surface area (Å²) in [6, 6.07) is 4.41. The van der Waals surface area contributed by atoms with Crippen LogP contribution in [0, 0.1) is 12.3 Å². The van der Waals surface area contributed by atoms with Crippen LogP contribution in [0.5, 0.6) is 5.75 Å². The van der Waals surface area contributed by atoms with Crippen molar-refractivity contribution >= 4 is 31.9 Å². The van der Waals surface area contributed by atoms with Crippen LogP contribution in [0.2, 0.25) is 0 Å². The van der Waals surface area contributed by atoms with Gasteiger partial charge in [0.2, 0.25) is 0 Å². The molecular weight excluding hydrogens is 370 g/mol. The fraction of sp³-hybridized carbons (Fsp3) is 0.467. The number of hydrogen-bond donors (Lipinski definition) is 1. The summed E-state index contributed by atoms with van der Waals surface area (Å²) < 4.78 is 7.70. The second kappa shape index (κ2) is 8.63. The molecule has 0 aliphatic rings. The maximum absolute atomic E-state index is 5.70. The standard InChI is InChI=1S/C15H19Br2NO/c1-4-7-13(5-2)18-10-11-8-12(16)9-14(17)15(11)19-6-3/h1,8-9,13,18H,5-7,10H2,2-3H3. The molecule has 0 radical (unpaired) electrons. The van der Waals surface area contributed by atoms with Crippen molar-refractivity contribution in [2.75, 3.05) is 6.61 Å². The zero-order valence-corrected chi connectivity index (χ0v) is 14.5. The predicted molar refractivity (Wildman–Crippen MR) is 87.4 cm³/mol. The molecule has 1 unspecified atom stereocenters. The van der Waals surface area contributed by atoms with Crippen LogP contribution in [-0.4, -0.2) is 12.6 Å². The third kappa shape index (κ3) is 5.18. The van der Waals surface area contributed by atoms with Crippen molar-refractivity contribution in [1.82, 2.24) is 5.32 Å². The van der Waals surface area contributed by atoms with Gasteiger partial charge in [0.15, 0.2) is 0 Å². The lowest BCUT2D eigenvalue weighted by molar-refractivity contribution is 0.332. The molecule has 1 rings (SSSR count). The number of ether oxygens (including phenoxy) is 1. The van der Waals surface area contributed by atoms with E-state index >= 15 is 0 Å². The van der Waals surface area contributed by atoms with Crippen molar-refractivity contribution in [3.63, 3.8) is 0 Å². The van der Waals surface area contributed by atoms with Crippen LogP contribution >= 0.6 is 31.9 Å². The highest BCUT2D eigenvalue weighted by Crippen LogP contribution is 2.33. The van der Waals surface area contributed by atoms with Crippen LogP contribution in [0.25, 0.3) is 0 Å². The molecule has 1 aromatic carbocycles. The van der Waals surface area contributed by atoms with E-state index in [-0.39, 0.29) is 0 Å². The first-order chi connectivity index (χ1) is 9.12. The van der Waals surface area contributed by atoms with Gasteiger partial charge in [-0.25, -0.2) is 0 Å². The number of benzene rings is 1. The van der Waals surface area contributed by atoms with E-state index in [1.807, 2.05) is 13.0 Å². The zero-order chi connectivity index (χ0) is 14.3. The van der Waals surface area contributed by atoms with Gasteiger partial charge in [-0.2, -0.15) is 0 Å². The second-order valence-corrected chi connectivity index (χ2v) is 5.97. The monoisotopic (exact) mass is 387 g/mol. The van der Waals surface area contributed by atoms with Gasteiger partial charge in [0.1, 0.15) is 5.75 Å². The van der Waals surface area contributed by atoms with Crippen LogP contribution < -0.4 is 10.1 Å². The third-order valence-electron chi connectivity index (χ3n) is 2.81. The molecule has 0 aliphatic heterocycles. The summed E-state index contributed by atoms with van der Waals surface area (Å²) in [4.78, 5) is 0. The Morgan fingerprint density at radius 1 is 1.37 bits per heavy atom. The molecule has 0 fully saturated rings. The maximum atomic E-state index is 5.70. The molecule has 104 valence electrons. The quantitative estimate of drug-likeness (QED) is 0.694. The minimum absolute atomic E-state index is 0.345. The Balaban J connectivity index is 2.84. The predicted octanol–water partition coefficient (Wildman–Crippen LogP) is 4.50. The number of nitrogens with one attached hydrogen (secondary N) is 1. The topological polar surface area (TPSA) is 21.3 Å². The summed E-state index contributed by atoms with van der Waals surface area (Å²) in [6.07, 6.45) is 7.13. The fourth-order valence-electron chi connectivity index (χ4n) is 1.81. The second-order valence-electron chi connectivity index (χ2n) is 4.20. The Labute approximate surface area is 132 Å². The van der Waals surface area contributed by atoms with Crippen molar-refractivity contribution in [2.45, 2.75) is 39.3 Å². The van der Waals surface area contributed by atoms with E-state index in [9.17, 15) is 0 Å². The highest BCUT2D eigenvalue weighted by molar-refractivity contribution is 9.11. The first-order valence-corrected chi connectivity index (χ1v) is 7.98. The van der Waals surface area contributed by atoms with Crippen molar-refractivity contribution in [1.29, 1.82) is 0 Å². The Morgan fingerprint density at radius 2 is 2.11 bits per heavy atom. The molecule has 4 heteroatoms. The average molecular weight is 389 g/mol. The minimum Gasteiger partial charge on any atom is -0.492 e. The molecule has 0 aliphatic carbocycles. The van der Waals surface area contributed by atoms with Gasteiger partial charge in [-0.15, -0.1) is 12.3 Å². The first kappa shape index (κ1) is 16.6. The smallest absolute Gasteiger partial charge is 0.138 e. The lowest BCUT2D eigenvalue weighted by Crippen LogP contribution is -2.27. The van der Waals surface area contributed by atoms with Crippen molar-refractivity contribution in [2.24, 2.45) is 0 Å². The molecule has 0 spiro atoms. The number of terminal acetylenes is 1. The van der Waals surface area contributed by atoms with E-state index in [1.165, 1.54) is 0 Å². The van der Waals surface area contributed by atoms with Crippen LogP contribution in [0.1, 0.15) is 32.3 Å². The van der Waals surface area contributed by atoms with E-state index in [0.29, 0.717) is 12.6 Å². The van der Waals surface area contributed by atoms with Crippen LogP contribution in [0.3, 0.4) is 0 Å². The Kier molecular flexibility index (Phi) is 7.52. The number of hydrogen-bond acceptors (Lipinski definition) is 2. The molecule has 0 saturated carbocycles. The molecule has 0 aromatic heterocycles. The van der Waals surface area contributed by atoms with Gasteiger partial charge in [-0.05, 0) is 41.4 Å². The largest absolute Gasteiger partial charge is 0.492 e. The zero-order valence-electron chi connectivity index (χ0n) is 11.3. The lowest BCUT2D eigenvalue weighted by Gasteiger charge is -2.17. The maximum Gasteiger partial charge on any atom is 0.138 e. The van der Waals surface area contributed by atoms with Gasteiger partial charge in [0, 0.05) is 29.0 Å². The highest BCUT2D eigenvalue weighted by atomic mass is 79.9. The first-order valence-electron chi connectivity index (χ1n) is 6.39. The minimum atomic E-state index is 0.345. The van der Waals surface area contributed by atoms with Crippen LogP contribution in [-0.2, 0) is 6.54 Å². The Bertz CT molecular complexity index is 454. The van der Waals surface area contributed by atoms with E-state index in [4.69, 9.17) is 11.2 Å². The molecule has 1 N–H and O–H groups in total. The van der Waals surface area contributed by atoms with Crippen molar-refractivity contribution < 1.29 is 4.74 Å². The van der Waals surface area contributed by atoms with Crippen molar-refractivity contribution in [3.8, 4) is 18.1 Å². The van der Waals surface area contributed by atoms with Gasteiger partial charge in [-0.1, -0.05) is 22.9 Å². The summed E-state index contributed by atoms with van der Waals surface area (Å²) in [5.41, 5.74) is 1.12. The Morgan fingerprint density at radius 3 is 2.68 bits per heavy atom. The molecular formula is C15H19Br2NO. The Hall–Kier alpha value is -0.500. The van der Waals surface area contributed by atoms with Gasteiger partial charge < -0.3 is 10.1 Å². The molecule has 1 aromatic rings. The molecule has 1 atom stereocenters. The van der Waals surface area contributed by atoms with E-state index in [1.54, 1.807) is 0 Å². The van der Waals surface area contributed by atoms with Crippen LogP contribution in [0.15, 0.2) is 21.1 Å². The summed E-state index contributed by atoms with van der Waals surface area (Å²) in [6.45, 7) is 5.51. The normalized spacial score (nSPS) is 11.9. The summed E-state index contributed by atoms with van der Waals surface area (Å²) in [5.74, 6) is 3.60. The number of halogens is 2.